The van der Waals surface area contributed by atoms with E-state index in [1.54, 1.807) is 6.92 Å². The van der Waals surface area contributed by atoms with E-state index in [4.69, 9.17) is 5.11 Å². The Morgan fingerprint density at radius 2 is 1.47 bits per heavy atom. The fourth-order valence-electron chi connectivity index (χ4n) is 6.71. The molecule has 9 nitrogen and oxygen atoms in total. The zero-order valence-electron chi connectivity index (χ0n) is 26.1. The Hall–Kier alpha value is -4.38. The molecule has 49 heavy (non-hydrogen) atoms. The van der Waals surface area contributed by atoms with E-state index in [2.05, 4.69) is 15.4 Å². The maximum absolute atomic E-state index is 14.0. The van der Waals surface area contributed by atoms with Crippen molar-refractivity contribution in [3.63, 3.8) is 0 Å². The zero-order valence-corrected chi connectivity index (χ0v) is 26.1. The molecule has 18 heteroatoms. The Labute approximate surface area is 273 Å². The fraction of sp³-hybridized carbons (Fsp3) is 0.516. The number of aliphatic carboxylic acids is 1. The van der Waals surface area contributed by atoms with Crippen LogP contribution >= 0.6 is 0 Å². The van der Waals surface area contributed by atoms with E-state index in [1.807, 2.05) is 0 Å². The highest BCUT2D eigenvalue weighted by molar-refractivity contribution is 5.97. The lowest BCUT2D eigenvalue weighted by Crippen LogP contribution is -2.49. The van der Waals surface area contributed by atoms with E-state index in [0.717, 1.165) is 23.0 Å². The van der Waals surface area contributed by atoms with Crippen molar-refractivity contribution < 1.29 is 54.2 Å². The van der Waals surface area contributed by atoms with Crippen LogP contribution in [-0.4, -0.2) is 43.2 Å². The molecule has 2 atom stereocenters. The molecule has 1 aliphatic carbocycles. The molecule has 266 valence electrons. The minimum atomic E-state index is -5.15. The number of rotatable bonds is 7. The van der Waals surface area contributed by atoms with Crippen LogP contribution in [0.3, 0.4) is 0 Å². The van der Waals surface area contributed by atoms with Gasteiger partial charge in [0.1, 0.15) is 0 Å². The number of hydrogen-bond donors (Lipinski definition) is 1. The Morgan fingerprint density at radius 1 is 0.878 bits per heavy atom. The summed E-state index contributed by atoms with van der Waals surface area (Å²) in [4.78, 5) is 28.7. The first kappa shape index (κ1) is 35.9. The lowest BCUT2D eigenvalue weighted by molar-refractivity contribution is -0.143. The van der Waals surface area contributed by atoms with E-state index in [0.29, 0.717) is 37.8 Å². The van der Waals surface area contributed by atoms with E-state index < -0.39 is 71.3 Å². The van der Waals surface area contributed by atoms with Gasteiger partial charge in [0.25, 0.3) is 5.95 Å². The van der Waals surface area contributed by atoms with Crippen LogP contribution in [0.25, 0.3) is 0 Å². The molecule has 0 radical (unpaired) electrons. The molecule has 2 aromatic carbocycles. The van der Waals surface area contributed by atoms with Gasteiger partial charge in [-0.1, -0.05) is 5.10 Å². The first-order valence-electron chi connectivity index (χ1n) is 15.3. The number of nitrogens with zero attached hydrogens (tertiary/aromatic N) is 6. The van der Waals surface area contributed by atoms with Crippen LogP contribution in [0.2, 0.25) is 0 Å². The smallest absolute Gasteiger partial charge is 0.416 e. The second-order valence-electron chi connectivity index (χ2n) is 12.5. The Bertz CT molecular complexity index is 1660. The predicted molar refractivity (Wildman–Crippen MR) is 155 cm³/mol. The maximum Gasteiger partial charge on any atom is 0.416 e. The number of carboxylic acid groups (broad SMARTS) is 1. The van der Waals surface area contributed by atoms with Gasteiger partial charge < -0.3 is 14.9 Å². The number of halogens is 9. The average molecular weight is 707 g/mol. The number of fused-ring (bicyclic) bond motifs is 1. The number of aromatic nitrogens is 4. The maximum atomic E-state index is 14.0. The van der Waals surface area contributed by atoms with Gasteiger partial charge in [-0.15, -0.1) is 5.10 Å². The number of carboxylic acids is 1. The number of anilines is 2. The van der Waals surface area contributed by atoms with Crippen LogP contribution in [0.5, 0.6) is 0 Å². The van der Waals surface area contributed by atoms with Crippen molar-refractivity contribution in [3.8, 4) is 0 Å². The largest absolute Gasteiger partial charge is 0.481 e. The summed E-state index contributed by atoms with van der Waals surface area (Å²) in [6.07, 6.45) is -13.6. The van der Waals surface area contributed by atoms with E-state index in [1.165, 1.54) is 16.8 Å². The number of amides is 1. The van der Waals surface area contributed by atoms with Gasteiger partial charge in [-0.3, -0.25) is 9.59 Å². The number of hydrogen-bond acceptors (Lipinski definition) is 6. The summed E-state index contributed by atoms with van der Waals surface area (Å²) in [7, 11) is 1.35. The summed E-state index contributed by atoms with van der Waals surface area (Å²) < 4.78 is 124. The molecule has 2 aliphatic rings. The van der Waals surface area contributed by atoms with E-state index >= 15 is 0 Å². The molecule has 1 aromatic heterocycles. The molecule has 1 fully saturated rings. The summed E-state index contributed by atoms with van der Waals surface area (Å²) >= 11 is 0. The lowest BCUT2D eigenvalue weighted by Gasteiger charge is -2.45. The highest BCUT2D eigenvalue weighted by Crippen LogP contribution is 2.46. The quantitative estimate of drug-likeness (QED) is 0.255. The molecule has 5 rings (SSSR count). The van der Waals surface area contributed by atoms with Crippen LogP contribution in [0.15, 0.2) is 36.4 Å². The molecule has 2 heterocycles. The van der Waals surface area contributed by atoms with Crippen molar-refractivity contribution in [1.29, 1.82) is 0 Å². The third-order valence-corrected chi connectivity index (χ3v) is 9.01. The van der Waals surface area contributed by atoms with Gasteiger partial charge in [0.15, 0.2) is 0 Å². The van der Waals surface area contributed by atoms with Gasteiger partial charge in [-0.25, -0.2) is 0 Å². The van der Waals surface area contributed by atoms with Gasteiger partial charge in [0.05, 0.1) is 29.8 Å². The number of benzene rings is 2. The number of carbonyl (C=O) groups is 2. The van der Waals surface area contributed by atoms with Gasteiger partial charge in [0.2, 0.25) is 5.91 Å². The molecule has 0 spiro atoms. The highest BCUT2D eigenvalue weighted by atomic mass is 19.4. The summed E-state index contributed by atoms with van der Waals surface area (Å²) in [5.74, 6) is -2.26. The van der Waals surface area contributed by atoms with Crippen LogP contribution in [-0.2, 0) is 41.7 Å². The van der Waals surface area contributed by atoms with Crippen molar-refractivity contribution in [3.05, 3.63) is 64.2 Å². The third kappa shape index (κ3) is 7.93. The van der Waals surface area contributed by atoms with Gasteiger partial charge >= 0.3 is 24.5 Å². The van der Waals surface area contributed by atoms with E-state index in [9.17, 15) is 49.1 Å². The van der Waals surface area contributed by atoms with Gasteiger partial charge in [-0.05, 0) is 97.7 Å². The van der Waals surface area contributed by atoms with E-state index in [-0.39, 0.29) is 47.9 Å². The molecular weight excluding hydrogens is 675 g/mol. The predicted octanol–water partition coefficient (Wildman–Crippen LogP) is 7.42. The molecule has 1 amide bonds. The second-order valence-corrected chi connectivity index (χ2v) is 12.5. The van der Waals surface area contributed by atoms with Gasteiger partial charge in [0, 0.05) is 30.6 Å². The van der Waals surface area contributed by atoms with Crippen LogP contribution in [0.4, 0.5) is 51.1 Å². The molecule has 0 saturated heterocycles. The first-order valence-corrected chi connectivity index (χ1v) is 15.3. The minimum Gasteiger partial charge on any atom is -0.481 e. The SMILES string of the molecule is CC1CC(N(Cc2cc(C(F)(F)F)cc(C(F)(F)F)c2)c2nnn(C)n2)c2cc(C(F)(F)F)ccc2N1C(=O)C1CCC(CC(=O)O)CC1. The number of carbonyl (C=O) groups excluding carboxylic acids is 1. The molecular formula is C31H31F9N6O3. The lowest BCUT2D eigenvalue weighted by atomic mass is 9.79. The van der Waals surface area contributed by atoms with Crippen molar-refractivity contribution in [2.24, 2.45) is 18.9 Å². The fourth-order valence-corrected chi connectivity index (χ4v) is 6.71. The number of tetrazole rings is 1. The number of aryl methyl sites for hydroxylation is 1. The summed E-state index contributed by atoms with van der Waals surface area (Å²) in [6.45, 7) is 0.948. The van der Waals surface area contributed by atoms with Crippen LogP contribution in [0.1, 0.15) is 79.3 Å². The molecule has 1 aliphatic heterocycles. The molecule has 2 unspecified atom stereocenters. The van der Waals surface area contributed by atoms with Gasteiger partial charge in [-0.2, -0.15) is 44.3 Å². The van der Waals surface area contributed by atoms with Crippen LogP contribution in [0, 0.1) is 11.8 Å². The highest BCUT2D eigenvalue weighted by Gasteiger charge is 2.43. The summed E-state index contributed by atoms with van der Waals surface area (Å²) in [6, 6.07) is 1.89. The van der Waals surface area contributed by atoms with Crippen molar-refractivity contribution in [2.45, 2.75) is 82.6 Å². The Balaban J connectivity index is 1.59. The standard InChI is InChI=1S/C31H31F9N6O3/c1-16-9-25(45(28-41-43-44(2)42-28)15-18-10-21(30(35,36)37)13-22(11-18)31(38,39)40)23-14-20(29(32,33)34)7-8-24(23)46(16)27(49)19-5-3-17(4-6-19)12-26(47)48/h7-8,10-11,13-14,16-17,19,25H,3-6,9,12,15H2,1-2H3,(H,47,48). The summed E-state index contributed by atoms with van der Waals surface area (Å²) in [5.41, 5.74) is -4.67. The third-order valence-electron chi connectivity index (χ3n) is 9.01. The van der Waals surface area contributed by atoms with Crippen molar-refractivity contribution in [1.82, 2.24) is 20.2 Å². The molecule has 0 bridgehead atoms. The summed E-state index contributed by atoms with van der Waals surface area (Å²) in [5, 5.41) is 20.8. The minimum absolute atomic E-state index is 0.0271. The topological polar surface area (TPSA) is 104 Å². The molecule has 1 N–H and O–H groups in total. The average Bonchev–Trinajstić information content (AvgIpc) is 3.43. The zero-order chi connectivity index (χ0) is 36.1. The van der Waals surface area contributed by atoms with Crippen molar-refractivity contribution >= 4 is 23.5 Å². The Kier molecular flexibility index (Phi) is 9.64. The monoisotopic (exact) mass is 706 g/mol. The Morgan fingerprint density at radius 3 is 1.98 bits per heavy atom. The molecule has 3 aromatic rings. The second kappa shape index (κ2) is 13.2. The normalized spacial score (nSPS) is 21.7. The number of alkyl halides is 9. The first-order chi connectivity index (χ1) is 22.7. The van der Waals surface area contributed by atoms with Crippen LogP contribution < -0.4 is 9.80 Å². The van der Waals surface area contributed by atoms with Crippen molar-refractivity contribution in [2.75, 3.05) is 9.80 Å². The molecule has 1 saturated carbocycles.